The third kappa shape index (κ3) is 4.31. The van der Waals surface area contributed by atoms with Crippen molar-refractivity contribution in [3.8, 4) is 0 Å². The summed E-state index contributed by atoms with van der Waals surface area (Å²) in [6.45, 7) is 6.58. The molecule has 0 radical (unpaired) electrons. The molecule has 0 spiro atoms. The molecule has 2 atom stereocenters. The van der Waals surface area contributed by atoms with Crippen LogP contribution in [0.4, 0.5) is 13.2 Å². The zero-order valence-corrected chi connectivity index (χ0v) is 18.8. The number of piperidine rings is 1. The van der Waals surface area contributed by atoms with Crippen molar-refractivity contribution in [1.82, 2.24) is 29.4 Å². The Kier molecular flexibility index (Phi) is 5.67. The molecule has 4 rings (SSSR count). The highest BCUT2D eigenvalue weighted by Gasteiger charge is 2.36. The van der Waals surface area contributed by atoms with Gasteiger partial charge in [0.15, 0.2) is 5.69 Å². The maximum absolute atomic E-state index is 13.2. The lowest BCUT2D eigenvalue weighted by molar-refractivity contribution is -0.141. The number of halogens is 3. The van der Waals surface area contributed by atoms with Crippen molar-refractivity contribution in [2.75, 3.05) is 13.1 Å². The minimum atomic E-state index is -4.62. The number of nitrogens with zero attached hydrogens (tertiary/aromatic N) is 5. The van der Waals surface area contributed by atoms with Crippen LogP contribution in [-0.4, -0.2) is 55.0 Å². The Morgan fingerprint density at radius 2 is 1.94 bits per heavy atom. The molecule has 1 fully saturated rings. The number of rotatable bonds is 3. The van der Waals surface area contributed by atoms with Crippen molar-refractivity contribution >= 4 is 17.5 Å². The molecule has 4 heterocycles. The van der Waals surface area contributed by atoms with Crippen LogP contribution >= 0.6 is 0 Å². The first-order chi connectivity index (χ1) is 15.5. The monoisotopic (exact) mass is 462 g/mol. The van der Waals surface area contributed by atoms with Crippen LogP contribution in [0.15, 0.2) is 24.5 Å². The lowest BCUT2D eigenvalue weighted by Gasteiger charge is -2.37. The molecular formula is C22H25F3N6O2. The second kappa shape index (κ2) is 8.20. The van der Waals surface area contributed by atoms with Crippen molar-refractivity contribution in [3.63, 3.8) is 0 Å². The highest BCUT2D eigenvalue weighted by molar-refractivity contribution is 5.95. The highest BCUT2D eigenvalue weighted by atomic mass is 19.4. The summed E-state index contributed by atoms with van der Waals surface area (Å²) in [5.74, 6) is -0.804. The molecule has 0 aliphatic carbocycles. The number of aryl methyl sites for hydroxylation is 3. The minimum absolute atomic E-state index is 0.0817. The Morgan fingerprint density at radius 1 is 1.21 bits per heavy atom. The molecule has 1 saturated heterocycles. The first-order valence-corrected chi connectivity index (χ1v) is 10.6. The van der Waals surface area contributed by atoms with E-state index in [1.807, 2.05) is 31.2 Å². The summed E-state index contributed by atoms with van der Waals surface area (Å²) in [5, 5.41) is 6.20. The summed E-state index contributed by atoms with van der Waals surface area (Å²) in [6.07, 6.45) is -0.585. The number of alkyl halides is 3. The van der Waals surface area contributed by atoms with Crippen molar-refractivity contribution in [1.29, 1.82) is 0 Å². The Labute approximate surface area is 188 Å². The van der Waals surface area contributed by atoms with Crippen molar-refractivity contribution in [3.05, 3.63) is 52.7 Å². The summed E-state index contributed by atoms with van der Waals surface area (Å²) in [7, 11) is 1.30. The largest absolute Gasteiger partial charge is 0.435 e. The van der Waals surface area contributed by atoms with Gasteiger partial charge < -0.3 is 14.6 Å². The molecule has 0 unspecified atom stereocenters. The van der Waals surface area contributed by atoms with Crippen molar-refractivity contribution in [2.24, 2.45) is 13.0 Å². The van der Waals surface area contributed by atoms with E-state index in [0.29, 0.717) is 25.1 Å². The number of likely N-dealkylation sites (tertiary alicyclic amines) is 1. The molecule has 0 bridgehead atoms. The number of imidazole rings is 1. The number of fused-ring (bicyclic) bond motifs is 1. The maximum atomic E-state index is 13.2. The normalized spacial score (nSPS) is 19.2. The zero-order chi connectivity index (χ0) is 24.1. The molecule has 1 aliphatic rings. The Morgan fingerprint density at radius 3 is 2.58 bits per heavy atom. The predicted molar refractivity (Wildman–Crippen MR) is 114 cm³/mol. The van der Waals surface area contributed by atoms with Crippen LogP contribution in [0.3, 0.4) is 0 Å². The van der Waals surface area contributed by atoms with Crippen LogP contribution < -0.4 is 5.32 Å². The van der Waals surface area contributed by atoms with Gasteiger partial charge in [-0.25, -0.2) is 4.98 Å². The summed E-state index contributed by atoms with van der Waals surface area (Å²) in [6, 6.07) is 2.30. The molecule has 176 valence electrons. The van der Waals surface area contributed by atoms with Gasteiger partial charge >= 0.3 is 6.18 Å². The fourth-order valence-electron chi connectivity index (χ4n) is 4.28. The summed E-state index contributed by atoms with van der Waals surface area (Å²) in [5.41, 5.74) is 1.93. The third-order valence-corrected chi connectivity index (χ3v) is 6.13. The van der Waals surface area contributed by atoms with Gasteiger partial charge in [0.1, 0.15) is 11.3 Å². The van der Waals surface area contributed by atoms with Gasteiger partial charge in [0.2, 0.25) is 0 Å². The molecular weight excluding hydrogens is 437 g/mol. The van der Waals surface area contributed by atoms with E-state index in [0.717, 1.165) is 27.7 Å². The van der Waals surface area contributed by atoms with Gasteiger partial charge in [-0.05, 0) is 37.8 Å². The van der Waals surface area contributed by atoms with Crippen LogP contribution in [0.2, 0.25) is 0 Å². The van der Waals surface area contributed by atoms with Crippen LogP contribution in [0.1, 0.15) is 51.1 Å². The standard InChI is InChI=1S/C22H25F3N6O2/c1-12-7-15(11-31-14(3)9-26-19(12)31)21(33)30-6-5-16(13(2)10-30)27-20(32)17-8-18(22(23,24)25)28-29(17)4/h7-9,11,13,16H,5-6,10H2,1-4H3,(H,27,32)/t13-,16+/m0/s1. The van der Waals surface area contributed by atoms with E-state index in [2.05, 4.69) is 15.4 Å². The topological polar surface area (TPSA) is 84.5 Å². The molecule has 1 aliphatic heterocycles. The molecule has 3 aromatic heterocycles. The zero-order valence-electron chi connectivity index (χ0n) is 18.8. The molecule has 2 amide bonds. The van der Waals surface area contributed by atoms with Crippen LogP contribution in [0.25, 0.3) is 5.65 Å². The second-order valence-corrected chi connectivity index (χ2v) is 8.64. The molecule has 33 heavy (non-hydrogen) atoms. The number of nitrogens with one attached hydrogen (secondary N) is 1. The first kappa shape index (κ1) is 22.8. The molecule has 0 saturated carbocycles. The van der Waals surface area contributed by atoms with Gasteiger partial charge in [-0.2, -0.15) is 18.3 Å². The van der Waals surface area contributed by atoms with Gasteiger partial charge in [-0.15, -0.1) is 0 Å². The number of carbonyl (C=O) groups excluding carboxylic acids is 2. The van der Waals surface area contributed by atoms with E-state index < -0.39 is 17.8 Å². The van der Waals surface area contributed by atoms with E-state index in [1.54, 1.807) is 17.3 Å². The predicted octanol–water partition coefficient (Wildman–Crippen LogP) is 2.98. The molecule has 0 aromatic carbocycles. The van der Waals surface area contributed by atoms with E-state index in [-0.39, 0.29) is 23.6 Å². The van der Waals surface area contributed by atoms with Gasteiger partial charge in [0.25, 0.3) is 11.8 Å². The average Bonchev–Trinajstić information content (AvgIpc) is 3.32. The number of pyridine rings is 1. The Balaban J connectivity index is 1.44. The van der Waals surface area contributed by atoms with Gasteiger partial charge in [-0.1, -0.05) is 6.92 Å². The van der Waals surface area contributed by atoms with Crippen LogP contribution in [0.5, 0.6) is 0 Å². The van der Waals surface area contributed by atoms with E-state index in [4.69, 9.17) is 0 Å². The van der Waals surface area contributed by atoms with Crippen LogP contribution in [-0.2, 0) is 13.2 Å². The second-order valence-electron chi connectivity index (χ2n) is 8.64. The fourth-order valence-corrected chi connectivity index (χ4v) is 4.28. The Hall–Kier alpha value is -3.37. The number of aromatic nitrogens is 4. The summed E-state index contributed by atoms with van der Waals surface area (Å²) < 4.78 is 41.5. The highest BCUT2D eigenvalue weighted by Crippen LogP contribution is 2.28. The maximum Gasteiger partial charge on any atom is 0.435 e. The van der Waals surface area contributed by atoms with Crippen LogP contribution in [0, 0.1) is 19.8 Å². The average molecular weight is 462 g/mol. The lowest BCUT2D eigenvalue weighted by atomic mass is 9.93. The molecule has 8 nitrogen and oxygen atoms in total. The van der Waals surface area contributed by atoms with Crippen molar-refractivity contribution < 1.29 is 22.8 Å². The summed E-state index contributed by atoms with van der Waals surface area (Å²) in [4.78, 5) is 31.8. The number of hydrogen-bond acceptors (Lipinski definition) is 4. The Bertz CT molecular complexity index is 1230. The fraction of sp³-hybridized carbons (Fsp3) is 0.455. The smallest absolute Gasteiger partial charge is 0.348 e. The van der Waals surface area contributed by atoms with E-state index in [1.165, 1.54) is 7.05 Å². The van der Waals surface area contributed by atoms with Gasteiger partial charge in [0.05, 0.1) is 5.56 Å². The van der Waals surface area contributed by atoms with Crippen molar-refractivity contribution in [2.45, 2.75) is 39.4 Å². The lowest BCUT2D eigenvalue weighted by Crippen LogP contribution is -2.51. The van der Waals surface area contributed by atoms with Gasteiger partial charge in [-0.3, -0.25) is 14.3 Å². The quantitative estimate of drug-likeness (QED) is 0.649. The number of hydrogen-bond donors (Lipinski definition) is 1. The third-order valence-electron chi connectivity index (χ3n) is 6.13. The summed E-state index contributed by atoms with van der Waals surface area (Å²) >= 11 is 0. The molecule has 1 N–H and O–H groups in total. The molecule has 11 heteroatoms. The van der Waals surface area contributed by atoms with Gasteiger partial charge in [0, 0.05) is 50.3 Å². The molecule has 3 aromatic rings. The number of carbonyl (C=O) groups is 2. The number of amides is 2. The van der Waals surface area contributed by atoms with E-state index in [9.17, 15) is 22.8 Å². The first-order valence-electron chi connectivity index (χ1n) is 10.6. The SMILES string of the molecule is Cc1cc(C(=O)N2CC[C@@H](NC(=O)c3cc(C(F)(F)F)nn3C)[C@@H](C)C2)cn2c(C)cnc12. The van der Waals surface area contributed by atoms with E-state index >= 15 is 0 Å². The minimum Gasteiger partial charge on any atom is -0.348 e.